The maximum absolute atomic E-state index is 14.0. The minimum atomic E-state index is -1.22. The minimum Gasteiger partial charge on any atom is -0.299 e. The molecule has 5 rings (SSSR count). The van der Waals surface area contributed by atoms with Gasteiger partial charge >= 0.3 is 0 Å². The lowest BCUT2D eigenvalue weighted by molar-refractivity contribution is -0.119. The molecule has 9 atom stereocenters. The van der Waals surface area contributed by atoms with E-state index in [1.807, 2.05) is 0 Å². The number of amides is 1. The van der Waals surface area contributed by atoms with E-state index in [0.29, 0.717) is 30.1 Å². The van der Waals surface area contributed by atoms with Crippen LogP contribution in [-0.4, -0.2) is 17.3 Å². The van der Waals surface area contributed by atoms with Crippen LogP contribution in [0.4, 0.5) is 8.78 Å². The standard InChI is InChI=1S/C29H45F2NOS/c1-28-17-4-3-7-19(28)12-14-21-22-15-13-20(29(22,2)18-16-23(21)28)8-5-11-26(33)32-34-27-24(30)9-6-10-25(27)31/h9,19-23,25,27H,3-8,10-18H2,1-2H3,(H,32,33). The van der Waals surface area contributed by atoms with Crippen LogP contribution in [0.25, 0.3) is 0 Å². The number of fused-ring (bicyclic) bond motifs is 5. The quantitative estimate of drug-likeness (QED) is 0.377. The van der Waals surface area contributed by atoms with E-state index in [-0.39, 0.29) is 5.91 Å². The Morgan fingerprint density at radius 1 is 1.03 bits per heavy atom. The predicted octanol–water partition coefficient (Wildman–Crippen LogP) is 8.32. The van der Waals surface area contributed by atoms with Crippen molar-refractivity contribution in [1.29, 1.82) is 0 Å². The number of rotatable bonds is 6. The summed E-state index contributed by atoms with van der Waals surface area (Å²) >= 11 is 0.925. The van der Waals surface area contributed by atoms with Crippen molar-refractivity contribution in [3.8, 4) is 0 Å². The van der Waals surface area contributed by atoms with Crippen LogP contribution in [0.3, 0.4) is 0 Å². The average molecular weight is 494 g/mol. The summed E-state index contributed by atoms with van der Waals surface area (Å²) in [6.07, 6.45) is 17.7. The molecule has 0 spiro atoms. The molecule has 5 heteroatoms. The van der Waals surface area contributed by atoms with Gasteiger partial charge in [0.1, 0.15) is 17.2 Å². The van der Waals surface area contributed by atoms with Gasteiger partial charge in [-0.15, -0.1) is 0 Å². The molecule has 0 aromatic heterocycles. The van der Waals surface area contributed by atoms with Crippen LogP contribution in [0.1, 0.15) is 110 Å². The number of carbonyl (C=O) groups excluding carboxylic acids is 1. The summed E-state index contributed by atoms with van der Waals surface area (Å²) in [6.45, 7) is 5.23. The summed E-state index contributed by atoms with van der Waals surface area (Å²) < 4.78 is 30.6. The average Bonchev–Trinajstić information content (AvgIpc) is 3.15. The fourth-order valence-corrected chi connectivity index (χ4v) is 10.4. The molecular formula is C29H45F2NOS. The van der Waals surface area contributed by atoms with E-state index in [9.17, 15) is 13.6 Å². The first-order valence-electron chi connectivity index (χ1n) is 14.3. The van der Waals surface area contributed by atoms with Gasteiger partial charge in [0.15, 0.2) is 0 Å². The van der Waals surface area contributed by atoms with Crippen molar-refractivity contribution in [2.75, 3.05) is 0 Å². The summed E-state index contributed by atoms with van der Waals surface area (Å²) in [5.74, 6) is 3.94. The van der Waals surface area contributed by atoms with Gasteiger partial charge in [0, 0.05) is 6.42 Å². The second-order valence-corrected chi connectivity index (χ2v) is 13.8. The molecule has 2 nitrogen and oxygen atoms in total. The van der Waals surface area contributed by atoms with E-state index in [1.165, 1.54) is 70.3 Å². The lowest BCUT2D eigenvalue weighted by Crippen LogP contribution is -2.52. The van der Waals surface area contributed by atoms with Crippen LogP contribution in [0.2, 0.25) is 0 Å². The van der Waals surface area contributed by atoms with Gasteiger partial charge in [-0.3, -0.25) is 9.52 Å². The monoisotopic (exact) mass is 493 g/mol. The van der Waals surface area contributed by atoms with Crippen LogP contribution >= 0.6 is 11.9 Å². The van der Waals surface area contributed by atoms with Gasteiger partial charge in [0.25, 0.3) is 0 Å². The number of alkyl halides is 1. The molecule has 0 aromatic carbocycles. The van der Waals surface area contributed by atoms with Gasteiger partial charge in [-0.25, -0.2) is 8.78 Å². The molecule has 4 fully saturated rings. The van der Waals surface area contributed by atoms with Crippen molar-refractivity contribution in [2.45, 2.75) is 122 Å². The van der Waals surface area contributed by atoms with E-state index in [4.69, 9.17) is 0 Å². The Labute approximate surface area is 210 Å². The van der Waals surface area contributed by atoms with Crippen LogP contribution in [0.15, 0.2) is 11.9 Å². The SMILES string of the molecule is CC12CCCCC1CCC1C2CCC2(C)C(CCCC(=O)NSC3C(F)=CCCC3F)CCC12. The van der Waals surface area contributed by atoms with Crippen molar-refractivity contribution < 1.29 is 13.6 Å². The maximum Gasteiger partial charge on any atom is 0.229 e. The van der Waals surface area contributed by atoms with Crippen molar-refractivity contribution in [1.82, 2.24) is 4.72 Å². The Balaban J connectivity index is 1.12. The van der Waals surface area contributed by atoms with Crippen molar-refractivity contribution in [3.05, 3.63) is 11.9 Å². The lowest BCUT2D eigenvalue weighted by atomic mass is 9.45. The van der Waals surface area contributed by atoms with E-state index in [2.05, 4.69) is 18.6 Å². The second kappa shape index (κ2) is 10.1. The van der Waals surface area contributed by atoms with Crippen molar-refractivity contribution in [2.24, 2.45) is 40.4 Å². The topological polar surface area (TPSA) is 29.1 Å². The van der Waals surface area contributed by atoms with Gasteiger partial charge in [-0.2, -0.15) is 0 Å². The molecule has 0 radical (unpaired) electrons. The minimum absolute atomic E-state index is 0.0810. The van der Waals surface area contributed by atoms with Crippen LogP contribution in [-0.2, 0) is 4.79 Å². The van der Waals surface area contributed by atoms with E-state index < -0.39 is 17.2 Å². The molecule has 1 amide bonds. The highest BCUT2D eigenvalue weighted by Gasteiger charge is 2.59. The normalized spacial score (nSPS) is 46.1. The Bertz CT molecular complexity index is 788. The molecule has 34 heavy (non-hydrogen) atoms. The Kier molecular flexibility index (Phi) is 7.42. The smallest absolute Gasteiger partial charge is 0.229 e. The van der Waals surface area contributed by atoms with Crippen molar-refractivity contribution >= 4 is 17.9 Å². The lowest BCUT2D eigenvalue weighted by Gasteiger charge is -2.60. The van der Waals surface area contributed by atoms with Gasteiger partial charge in [-0.1, -0.05) is 32.8 Å². The molecule has 5 aliphatic carbocycles. The van der Waals surface area contributed by atoms with Gasteiger partial charge in [0.2, 0.25) is 5.91 Å². The number of nitrogens with one attached hydrogen (secondary N) is 1. The van der Waals surface area contributed by atoms with Gasteiger partial charge in [0.05, 0.1) is 0 Å². The highest BCUT2D eigenvalue weighted by molar-refractivity contribution is 7.98. The molecular weight excluding hydrogens is 448 g/mol. The number of allylic oxidation sites excluding steroid dienone is 1. The van der Waals surface area contributed by atoms with Gasteiger partial charge in [-0.05, 0) is 129 Å². The third-order valence-electron chi connectivity index (χ3n) is 11.4. The third-order valence-corrected chi connectivity index (χ3v) is 12.5. The molecule has 4 saturated carbocycles. The highest BCUT2D eigenvalue weighted by Crippen LogP contribution is 2.67. The zero-order valence-electron chi connectivity index (χ0n) is 21.3. The van der Waals surface area contributed by atoms with E-state index in [0.717, 1.165) is 54.4 Å². The summed E-state index contributed by atoms with van der Waals surface area (Å²) in [5.41, 5.74) is 1.05. The zero-order valence-corrected chi connectivity index (χ0v) is 22.1. The third kappa shape index (κ3) is 4.50. The van der Waals surface area contributed by atoms with Gasteiger partial charge < -0.3 is 0 Å². The molecule has 0 aliphatic heterocycles. The summed E-state index contributed by atoms with van der Waals surface area (Å²) in [7, 11) is 0. The fourth-order valence-electron chi connectivity index (χ4n) is 9.52. The number of halogens is 2. The molecule has 5 aliphatic rings. The van der Waals surface area contributed by atoms with Crippen LogP contribution in [0, 0.1) is 40.4 Å². The fraction of sp³-hybridized carbons (Fsp3) is 0.897. The zero-order chi connectivity index (χ0) is 23.9. The highest BCUT2D eigenvalue weighted by atomic mass is 32.2. The number of hydrogen-bond acceptors (Lipinski definition) is 2. The Morgan fingerprint density at radius 2 is 1.85 bits per heavy atom. The summed E-state index contributed by atoms with van der Waals surface area (Å²) in [5, 5.41) is -0.872. The number of hydrogen-bond donors (Lipinski definition) is 1. The van der Waals surface area contributed by atoms with Crippen molar-refractivity contribution in [3.63, 3.8) is 0 Å². The molecule has 1 N–H and O–H groups in total. The largest absolute Gasteiger partial charge is 0.299 e. The molecule has 0 aromatic rings. The Hall–Kier alpha value is -0.580. The molecule has 0 saturated heterocycles. The first-order valence-corrected chi connectivity index (χ1v) is 15.1. The summed E-state index contributed by atoms with van der Waals surface area (Å²) in [6, 6.07) is 0. The number of carbonyl (C=O) groups is 1. The molecule has 9 unspecified atom stereocenters. The molecule has 0 heterocycles. The van der Waals surface area contributed by atoms with Crippen LogP contribution < -0.4 is 4.72 Å². The van der Waals surface area contributed by atoms with E-state index >= 15 is 0 Å². The summed E-state index contributed by atoms with van der Waals surface area (Å²) in [4.78, 5) is 12.4. The predicted molar refractivity (Wildman–Crippen MR) is 137 cm³/mol. The van der Waals surface area contributed by atoms with E-state index in [1.54, 1.807) is 0 Å². The van der Waals surface area contributed by atoms with Crippen LogP contribution in [0.5, 0.6) is 0 Å². The molecule has 192 valence electrons. The molecule has 0 bridgehead atoms. The Morgan fingerprint density at radius 3 is 2.68 bits per heavy atom. The first-order chi connectivity index (χ1) is 16.3. The first kappa shape index (κ1) is 25.1. The second-order valence-electron chi connectivity index (χ2n) is 12.9. The maximum atomic E-state index is 14.0.